The Labute approximate surface area is 162 Å². The first-order valence-corrected chi connectivity index (χ1v) is 9.71. The van der Waals surface area contributed by atoms with Crippen molar-refractivity contribution >= 4 is 22.8 Å². The summed E-state index contributed by atoms with van der Waals surface area (Å²) >= 11 is 0. The number of aromatic amines is 1. The van der Waals surface area contributed by atoms with Gasteiger partial charge in [-0.1, -0.05) is 20.4 Å². The van der Waals surface area contributed by atoms with E-state index in [9.17, 15) is 13.6 Å². The first-order valence-electron chi connectivity index (χ1n) is 9.71. The first kappa shape index (κ1) is 18.8. The normalized spacial score (nSPS) is 26.5. The Hall–Kier alpha value is -2.51. The molecule has 3 heterocycles. The Balaban J connectivity index is 1.59. The summed E-state index contributed by atoms with van der Waals surface area (Å²) in [6.07, 6.45) is 5.97. The molecule has 1 saturated heterocycles. The van der Waals surface area contributed by atoms with Gasteiger partial charge in [0.1, 0.15) is 17.8 Å². The quantitative estimate of drug-likeness (QED) is 0.765. The number of aromatic nitrogens is 3. The van der Waals surface area contributed by atoms with Crippen LogP contribution in [0, 0.1) is 5.92 Å². The Morgan fingerprint density at radius 1 is 1.43 bits per heavy atom. The number of hydrogen-bond donors (Lipinski definition) is 2. The van der Waals surface area contributed by atoms with Gasteiger partial charge in [0.05, 0.1) is 11.3 Å². The van der Waals surface area contributed by atoms with Crippen LogP contribution in [0.15, 0.2) is 25.2 Å². The number of carbonyl (C=O) groups excluding carboxylic acids is 1. The van der Waals surface area contributed by atoms with Crippen LogP contribution in [0.4, 0.5) is 14.6 Å². The van der Waals surface area contributed by atoms with Gasteiger partial charge in [0.2, 0.25) is 5.91 Å². The number of likely N-dealkylation sites (tertiary alicyclic amines) is 1. The van der Waals surface area contributed by atoms with E-state index in [1.165, 1.54) is 12.4 Å². The van der Waals surface area contributed by atoms with E-state index in [0.29, 0.717) is 34.9 Å². The van der Waals surface area contributed by atoms with Crippen molar-refractivity contribution in [3.63, 3.8) is 0 Å². The molecular weight excluding hydrogens is 364 g/mol. The molecule has 2 aliphatic rings. The maximum Gasteiger partial charge on any atom is 0.256 e. The second kappa shape index (κ2) is 6.83. The van der Waals surface area contributed by atoms with Crippen LogP contribution in [0.1, 0.15) is 44.6 Å². The molecule has 2 fully saturated rings. The van der Waals surface area contributed by atoms with Gasteiger partial charge in [0.15, 0.2) is 0 Å². The molecule has 2 aromatic rings. The molecule has 2 N–H and O–H groups in total. The average molecular weight is 389 g/mol. The van der Waals surface area contributed by atoms with Crippen LogP contribution in [0.3, 0.4) is 0 Å². The Morgan fingerprint density at radius 2 is 2.18 bits per heavy atom. The van der Waals surface area contributed by atoms with Crippen molar-refractivity contribution in [1.82, 2.24) is 19.9 Å². The minimum atomic E-state index is -2.66. The van der Waals surface area contributed by atoms with Crippen LogP contribution in [0.2, 0.25) is 0 Å². The monoisotopic (exact) mass is 389 g/mol. The molecule has 28 heavy (non-hydrogen) atoms. The minimum Gasteiger partial charge on any atom is -0.365 e. The van der Waals surface area contributed by atoms with E-state index in [4.69, 9.17) is 0 Å². The number of hydrogen-bond acceptors (Lipinski definition) is 4. The molecule has 3 atom stereocenters. The summed E-state index contributed by atoms with van der Waals surface area (Å²) in [6, 6.07) is 0.154. The SMILES string of the molecule is C=CC(=O)N1C[C@@H](Nc2ncnc3[nH]cc([C@@H]4CC4(F)F)c23)CC[C@H]1C(C)C. The number of carbonyl (C=O) groups is 1. The summed E-state index contributed by atoms with van der Waals surface area (Å²) in [5, 5.41) is 4.01. The zero-order valence-corrected chi connectivity index (χ0v) is 16.1. The molecule has 2 aromatic heterocycles. The number of piperidine rings is 1. The Morgan fingerprint density at radius 3 is 2.82 bits per heavy atom. The molecule has 0 radical (unpaired) electrons. The number of halogens is 2. The number of nitrogens with zero attached hydrogens (tertiary/aromatic N) is 3. The summed E-state index contributed by atoms with van der Waals surface area (Å²) in [5.74, 6) is -2.64. The van der Waals surface area contributed by atoms with Crippen LogP contribution >= 0.6 is 0 Å². The number of alkyl halides is 2. The number of H-pyrrole nitrogens is 1. The molecule has 1 aliphatic carbocycles. The van der Waals surface area contributed by atoms with Gasteiger partial charge in [-0.15, -0.1) is 0 Å². The molecule has 1 saturated carbocycles. The van der Waals surface area contributed by atoms with Gasteiger partial charge < -0.3 is 15.2 Å². The third kappa shape index (κ3) is 3.25. The molecule has 4 rings (SSSR count). The molecule has 6 nitrogen and oxygen atoms in total. The number of anilines is 1. The predicted molar refractivity (Wildman–Crippen MR) is 103 cm³/mol. The lowest BCUT2D eigenvalue weighted by atomic mass is 9.90. The molecule has 150 valence electrons. The number of amides is 1. The number of nitrogens with one attached hydrogen (secondary N) is 2. The van der Waals surface area contributed by atoms with Crippen molar-refractivity contribution in [2.75, 3.05) is 11.9 Å². The minimum absolute atomic E-state index is 0.0144. The second-order valence-electron chi connectivity index (χ2n) is 8.13. The number of rotatable bonds is 5. The average Bonchev–Trinajstić information content (AvgIpc) is 3.10. The van der Waals surface area contributed by atoms with Crippen LogP contribution in [-0.2, 0) is 4.79 Å². The van der Waals surface area contributed by atoms with Crippen molar-refractivity contribution < 1.29 is 13.6 Å². The third-order valence-electron chi connectivity index (χ3n) is 5.90. The highest BCUT2D eigenvalue weighted by Crippen LogP contribution is 2.57. The van der Waals surface area contributed by atoms with Gasteiger partial charge in [0, 0.05) is 31.2 Å². The van der Waals surface area contributed by atoms with Crippen molar-refractivity contribution in [1.29, 1.82) is 0 Å². The maximum absolute atomic E-state index is 13.6. The van der Waals surface area contributed by atoms with Crippen LogP contribution in [-0.4, -0.2) is 50.3 Å². The molecule has 0 spiro atoms. The predicted octanol–water partition coefficient (Wildman–Crippen LogP) is 3.69. The van der Waals surface area contributed by atoms with Gasteiger partial charge >= 0.3 is 0 Å². The van der Waals surface area contributed by atoms with E-state index in [2.05, 4.69) is 40.7 Å². The molecule has 0 bridgehead atoms. The molecule has 8 heteroatoms. The summed E-state index contributed by atoms with van der Waals surface area (Å²) in [5.41, 5.74) is 1.10. The van der Waals surface area contributed by atoms with E-state index < -0.39 is 11.8 Å². The van der Waals surface area contributed by atoms with Gasteiger partial charge in [-0.3, -0.25) is 4.79 Å². The highest BCUT2D eigenvalue weighted by atomic mass is 19.3. The first-order chi connectivity index (χ1) is 13.3. The summed E-state index contributed by atoms with van der Waals surface area (Å²) in [4.78, 5) is 25.7. The molecule has 1 aliphatic heterocycles. The Bertz CT molecular complexity index is 909. The van der Waals surface area contributed by atoms with Crippen LogP contribution < -0.4 is 5.32 Å². The summed E-state index contributed by atoms with van der Waals surface area (Å²) in [6.45, 7) is 8.36. The zero-order valence-electron chi connectivity index (χ0n) is 16.1. The maximum atomic E-state index is 13.6. The lowest BCUT2D eigenvalue weighted by molar-refractivity contribution is -0.130. The largest absolute Gasteiger partial charge is 0.365 e. The van der Waals surface area contributed by atoms with Crippen molar-refractivity contribution in [2.24, 2.45) is 5.92 Å². The van der Waals surface area contributed by atoms with Gasteiger partial charge in [-0.2, -0.15) is 0 Å². The fourth-order valence-electron chi connectivity index (χ4n) is 4.29. The van der Waals surface area contributed by atoms with E-state index in [1.54, 1.807) is 6.20 Å². The fraction of sp³-hybridized carbons (Fsp3) is 0.550. The molecule has 1 amide bonds. The standard InChI is InChI=1S/C20H25F2N5O/c1-4-16(28)27-9-12(5-6-15(27)11(2)3)26-19-17-13(14-7-20(14,21)22)8-23-18(17)24-10-25-19/h4,8,10-12,14-15H,1,5-7,9H2,2-3H3,(H2,23,24,25,26)/t12-,14-,15-/m0/s1. The number of fused-ring (bicyclic) bond motifs is 1. The van der Waals surface area contributed by atoms with Gasteiger partial charge in [-0.05, 0) is 30.4 Å². The van der Waals surface area contributed by atoms with Gasteiger partial charge in [0.25, 0.3) is 5.92 Å². The Kier molecular flexibility index (Phi) is 4.59. The van der Waals surface area contributed by atoms with Crippen LogP contribution in [0.5, 0.6) is 0 Å². The second-order valence-corrected chi connectivity index (χ2v) is 8.13. The molecule has 0 aromatic carbocycles. The van der Waals surface area contributed by atoms with Gasteiger partial charge in [-0.25, -0.2) is 18.7 Å². The fourth-order valence-corrected chi connectivity index (χ4v) is 4.29. The topological polar surface area (TPSA) is 73.9 Å². The molecular formula is C20H25F2N5O. The smallest absolute Gasteiger partial charge is 0.256 e. The third-order valence-corrected chi connectivity index (χ3v) is 5.90. The van der Waals surface area contributed by atoms with Crippen molar-refractivity contribution in [3.05, 3.63) is 30.7 Å². The van der Waals surface area contributed by atoms with E-state index >= 15 is 0 Å². The van der Waals surface area contributed by atoms with Crippen molar-refractivity contribution in [3.8, 4) is 0 Å². The lowest BCUT2D eigenvalue weighted by Crippen LogP contribution is -2.52. The van der Waals surface area contributed by atoms with Crippen LogP contribution in [0.25, 0.3) is 11.0 Å². The van der Waals surface area contributed by atoms with E-state index in [-0.39, 0.29) is 24.4 Å². The highest BCUT2D eigenvalue weighted by Gasteiger charge is 2.58. The lowest BCUT2D eigenvalue weighted by Gasteiger charge is -2.41. The summed E-state index contributed by atoms with van der Waals surface area (Å²) < 4.78 is 27.3. The summed E-state index contributed by atoms with van der Waals surface area (Å²) in [7, 11) is 0. The highest BCUT2D eigenvalue weighted by molar-refractivity contribution is 5.91. The van der Waals surface area contributed by atoms with E-state index in [1.807, 2.05) is 4.90 Å². The van der Waals surface area contributed by atoms with E-state index in [0.717, 1.165) is 12.8 Å². The van der Waals surface area contributed by atoms with Crippen molar-refractivity contribution in [2.45, 2.75) is 57.0 Å². The zero-order chi connectivity index (χ0) is 20.1. The molecule has 0 unspecified atom stereocenters.